The van der Waals surface area contributed by atoms with E-state index in [-0.39, 0.29) is 36.3 Å². The largest absolute Gasteiger partial charge is 0.339 e. The van der Waals surface area contributed by atoms with Gasteiger partial charge in [0.05, 0.1) is 12.0 Å². The number of amides is 1. The molecule has 0 saturated carbocycles. The van der Waals surface area contributed by atoms with Gasteiger partial charge in [0, 0.05) is 23.1 Å². The molecule has 0 fully saturated rings. The van der Waals surface area contributed by atoms with E-state index < -0.39 is 0 Å². The Morgan fingerprint density at radius 3 is 2.25 bits per heavy atom. The van der Waals surface area contributed by atoms with Crippen LogP contribution >= 0.6 is 35.6 Å². The van der Waals surface area contributed by atoms with E-state index in [9.17, 15) is 4.79 Å². The molecule has 1 aromatic carbocycles. The molecule has 1 rings (SSSR count). The van der Waals surface area contributed by atoms with E-state index in [4.69, 9.17) is 28.9 Å². The van der Waals surface area contributed by atoms with Gasteiger partial charge in [-0.25, -0.2) is 0 Å². The summed E-state index contributed by atoms with van der Waals surface area (Å²) in [5.74, 6) is -0.216. The summed E-state index contributed by atoms with van der Waals surface area (Å²) in [7, 11) is 1.76. The molecule has 0 aliphatic carbocycles. The maximum Gasteiger partial charge on any atom is 0.227 e. The lowest BCUT2D eigenvalue weighted by atomic mass is 10.0. The molecular formula is C14H21Cl3N2O. The molecule has 0 aliphatic rings. The van der Waals surface area contributed by atoms with Gasteiger partial charge in [0.25, 0.3) is 0 Å². The SMILES string of the molecule is CC(N)C(C)C(=O)N(C)C(C)c1ccc(Cl)cc1Cl.Cl. The normalized spacial score (nSPS) is 14.9. The van der Waals surface area contributed by atoms with Crippen molar-refractivity contribution in [2.75, 3.05) is 7.05 Å². The minimum Gasteiger partial charge on any atom is -0.339 e. The minimum atomic E-state index is -0.224. The fraction of sp³-hybridized carbons (Fsp3) is 0.500. The molecule has 3 atom stereocenters. The monoisotopic (exact) mass is 338 g/mol. The number of carbonyl (C=O) groups excluding carboxylic acids is 1. The van der Waals surface area contributed by atoms with Crippen LogP contribution in [0.3, 0.4) is 0 Å². The first-order valence-electron chi connectivity index (χ1n) is 6.23. The van der Waals surface area contributed by atoms with Gasteiger partial charge in [-0.3, -0.25) is 4.79 Å². The van der Waals surface area contributed by atoms with E-state index in [1.807, 2.05) is 26.8 Å². The number of hydrogen-bond acceptors (Lipinski definition) is 2. The second-order valence-corrected chi connectivity index (χ2v) is 5.78. The number of hydrogen-bond donors (Lipinski definition) is 1. The molecule has 0 aromatic heterocycles. The third kappa shape index (κ3) is 4.52. The third-order valence-corrected chi connectivity index (χ3v) is 4.08. The zero-order valence-corrected chi connectivity index (χ0v) is 14.4. The fourth-order valence-electron chi connectivity index (χ4n) is 1.79. The van der Waals surface area contributed by atoms with Crippen LogP contribution in [0.15, 0.2) is 18.2 Å². The number of benzene rings is 1. The number of nitrogens with zero attached hydrogens (tertiary/aromatic N) is 1. The maximum absolute atomic E-state index is 12.3. The molecule has 3 unspecified atom stereocenters. The Morgan fingerprint density at radius 1 is 1.25 bits per heavy atom. The fourth-order valence-corrected chi connectivity index (χ4v) is 2.35. The molecule has 0 spiro atoms. The molecular weight excluding hydrogens is 319 g/mol. The van der Waals surface area contributed by atoms with E-state index >= 15 is 0 Å². The molecule has 0 heterocycles. The summed E-state index contributed by atoms with van der Waals surface area (Å²) >= 11 is 12.0. The van der Waals surface area contributed by atoms with Crippen LogP contribution in [-0.2, 0) is 4.79 Å². The molecule has 0 bridgehead atoms. The lowest BCUT2D eigenvalue weighted by Crippen LogP contribution is -2.40. The van der Waals surface area contributed by atoms with Gasteiger partial charge in [0.15, 0.2) is 0 Å². The van der Waals surface area contributed by atoms with Gasteiger partial charge < -0.3 is 10.6 Å². The Morgan fingerprint density at radius 2 is 1.80 bits per heavy atom. The zero-order valence-electron chi connectivity index (χ0n) is 12.1. The van der Waals surface area contributed by atoms with Crippen molar-refractivity contribution in [1.29, 1.82) is 0 Å². The van der Waals surface area contributed by atoms with Gasteiger partial charge in [-0.05, 0) is 31.5 Å². The van der Waals surface area contributed by atoms with Crippen molar-refractivity contribution in [3.63, 3.8) is 0 Å². The van der Waals surface area contributed by atoms with Gasteiger partial charge >= 0.3 is 0 Å². The molecule has 0 saturated heterocycles. The van der Waals surface area contributed by atoms with Crippen LogP contribution < -0.4 is 5.73 Å². The molecule has 114 valence electrons. The number of carbonyl (C=O) groups is 1. The van der Waals surface area contributed by atoms with Gasteiger partial charge in [0.2, 0.25) is 5.91 Å². The Bertz CT molecular complexity index is 466. The topological polar surface area (TPSA) is 46.3 Å². The molecule has 6 heteroatoms. The highest BCUT2D eigenvalue weighted by atomic mass is 35.5. The Kier molecular flexibility index (Phi) is 7.89. The minimum absolute atomic E-state index is 0. The van der Waals surface area contributed by atoms with Crippen LogP contribution in [0.1, 0.15) is 32.4 Å². The molecule has 2 N–H and O–H groups in total. The van der Waals surface area contributed by atoms with Gasteiger partial charge in [-0.1, -0.05) is 36.2 Å². The first kappa shape index (κ1) is 19.5. The average Bonchev–Trinajstić information content (AvgIpc) is 2.35. The summed E-state index contributed by atoms with van der Waals surface area (Å²) in [6, 6.07) is 4.99. The van der Waals surface area contributed by atoms with Gasteiger partial charge in [-0.2, -0.15) is 0 Å². The van der Waals surface area contributed by atoms with Crippen molar-refractivity contribution >= 4 is 41.5 Å². The summed E-state index contributed by atoms with van der Waals surface area (Å²) in [6.07, 6.45) is 0. The molecule has 1 aromatic rings. The first-order chi connectivity index (χ1) is 8.75. The smallest absolute Gasteiger partial charge is 0.227 e. The number of rotatable bonds is 4. The molecule has 1 amide bonds. The van der Waals surface area contributed by atoms with Gasteiger partial charge in [0.1, 0.15) is 0 Å². The summed E-state index contributed by atoms with van der Waals surface area (Å²) < 4.78 is 0. The highest BCUT2D eigenvalue weighted by Gasteiger charge is 2.25. The summed E-state index contributed by atoms with van der Waals surface area (Å²) in [6.45, 7) is 5.59. The summed E-state index contributed by atoms with van der Waals surface area (Å²) in [5, 5.41) is 1.15. The van der Waals surface area contributed by atoms with Crippen LogP contribution in [0.5, 0.6) is 0 Å². The van der Waals surface area contributed by atoms with E-state index in [0.717, 1.165) is 5.56 Å². The average molecular weight is 340 g/mol. The lowest BCUT2D eigenvalue weighted by Gasteiger charge is -2.29. The standard InChI is InChI=1S/C14H20Cl2N2O.ClH/c1-8(9(2)17)14(19)18(4)10(3)12-6-5-11(15)7-13(12)16;/h5-10H,17H2,1-4H3;1H. The van der Waals surface area contributed by atoms with Crippen LogP contribution in [0, 0.1) is 5.92 Å². The predicted octanol–water partition coefficient (Wildman–Crippen LogP) is 3.92. The van der Waals surface area contributed by atoms with Crippen LogP contribution in [0.2, 0.25) is 10.0 Å². The molecule has 0 radical (unpaired) electrons. The highest BCUT2D eigenvalue weighted by Crippen LogP contribution is 2.29. The van der Waals surface area contributed by atoms with Crippen LogP contribution in [0.4, 0.5) is 0 Å². The number of nitrogens with two attached hydrogens (primary N) is 1. The lowest BCUT2D eigenvalue weighted by molar-refractivity contribution is -0.136. The maximum atomic E-state index is 12.3. The second kappa shape index (κ2) is 8.08. The second-order valence-electron chi connectivity index (χ2n) is 4.94. The summed E-state index contributed by atoms with van der Waals surface area (Å²) in [5.41, 5.74) is 6.65. The van der Waals surface area contributed by atoms with Crippen molar-refractivity contribution < 1.29 is 4.79 Å². The van der Waals surface area contributed by atoms with Crippen LogP contribution in [0.25, 0.3) is 0 Å². The summed E-state index contributed by atoms with van der Waals surface area (Å²) in [4.78, 5) is 13.9. The van der Waals surface area contributed by atoms with E-state index in [1.54, 1.807) is 24.1 Å². The third-order valence-electron chi connectivity index (χ3n) is 3.52. The Hall–Kier alpha value is -0.480. The Labute approximate surface area is 136 Å². The van der Waals surface area contributed by atoms with E-state index in [2.05, 4.69) is 0 Å². The number of halogens is 3. The van der Waals surface area contributed by atoms with Crippen LogP contribution in [-0.4, -0.2) is 23.9 Å². The zero-order chi connectivity index (χ0) is 14.7. The van der Waals surface area contributed by atoms with E-state index in [1.165, 1.54) is 0 Å². The molecule has 3 nitrogen and oxygen atoms in total. The van der Waals surface area contributed by atoms with Crippen molar-refractivity contribution in [3.8, 4) is 0 Å². The predicted molar refractivity (Wildman–Crippen MR) is 87.7 cm³/mol. The molecule has 0 aliphatic heterocycles. The Balaban J connectivity index is 0.00000361. The van der Waals surface area contributed by atoms with Crippen molar-refractivity contribution in [1.82, 2.24) is 4.90 Å². The van der Waals surface area contributed by atoms with E-state index in [0.29, 0.717) is 10.0 Å². The highest BCUT2D eigenvalue weighted by molar-refractivity contribution is 6.35. The quantitative estimate of drug-likeness (QED) is 0.903. The van der Waals surface area contributed by atoms with Crippen molar-refractivity contribution in [2.24, 2.45) is 11.7 Å². The van der Waals surface area contributed by atoms with Gasteiger partial charge in [-0.15, -0.1) is 12.4 Å². The first-order valence-corrected chi connectivity index (χ1v) is 6.98. The molecule has 20 heavy (non-hydrogen) atoms. The van der Waals surface area contributed by atoms with Crippen molar-refractivity contribution in [3.05, 3.63) is 33.8 Å². The van der Waals surface area contributed by atoms with Crippen molar-refractivity contribution in [2.45, 2.75) is 32.9 Å².